The van der Waals surface area contributed by atoms with Crippen LogP contribution in [0.4, 0.5) is 16.2 Å². The van der Waals surface area contributed by atoms with Gasteiger partial charge in [0.05, 0.1) is 19.3 Å². The van der Waals surface area contributed by atoms with Crippen LogP contribution < -0.4 is 15.0 Å². The SMILES string of the molecule is CCCC(=O)Nc1ccc(N2CCOC2=O)c(OC)c1. The molecular formula is C14H18N2O4. The minimum atomic E-state index is -0.383. The molecule has 1 saturated heterocycles. The van der Waals surface area contributed by atoms with E-state index >= 15 is 0 Å². The molecule has 20 heavy (non-hydrogen) atoms. The van der Waals surface area contributed by atoms with Gasteiger partial charge < -0.3 is 14.8 Å². The lowest BCUT2D eigenvalue weighted by Gasteiger charge is -2.17. The van der Waals surface area contributed by atoms with Crippen LogP contribution in [0.25, 0.3) is 0 Å². The Kier molecular flexibility index (Phi) is 4.45. The van der Waals surface area contributed by atoms with Gasteiger partial charge in [0.25, 0.3) is 0 Å². The van der Waals surface area contributed by atoms with E-state index in [1.807, 2.05) is 6.92 Å². The lowest BCUT2D eigenvalue weighted by Crippen LogP contribution is -2.24. The fourth-order valence-electron chi connectivity index (χ4n) is 2.04. The van der Waals surface area contributed by atoms with E-state index < -0.39 is 0 Å². The highest BCUT2D eigenvalue weighted by Gasteiger charge is 2.26. The fourth-order valence-corrected chi connectivity index (χ4v) is 2.04. The third kappa shape index (κ3) is 3.01. The van der Waals surface area contributed by atoms with Crippen LogP contribution in [0.5, 0.6) is 5.75 Å². The van der Waals surface area contributed by atoms with Gasteiger partial charge >= 0.3 is 6.09 Å². The molecule has 1 aromatic rings. The summed E-state index contributed by atoms with van der Waals surface area (Å²) < 4.78 is 10.2. The highest BCUT2D eigenvalue weighted by molar-refractivity contribution is 5.94. The van der Waals surface area contributed by atoms with Crippen molar-refractivity contribution in [1.82, 2.24) is 0 Å². The Morgan fingerprint density at radius 2 is 2.30 bits per heavy atom. The molecule has 2 rings (SSSR count). The van der Waals surface area contributed by atoms with Gasteiger partial charge in [0.2, 0.25) is 5.91 Å². The van der Waals surface area contributed by atoms with Gasteiger partial charge in [-0.1, -0.05) is 6.92 Å². The van der Waals surface area contributed by atoms with Crippen LogP contribution in [-0.2, 0) is 9.53 Å². The highest BCUT2D eigenvalue weighted by Crippen LogP contribution is 2.32. The largest absolute Gasteiger partial charge is 0.494 e. The summed E-state index contributed by atoms with van der Waals surface area (Å²) in [5, 5.41) is 2.79. The smallest absolute Gasteiger partial charge is 0.414 e. The normalized spacial score (nSPS) is 14.1. The standard InChI is InChI=1S/C14H18N2O4/c1-3-4-13(17)15-10-5-6-11(12(9-10)19-2)16-7-8-20-14(16)18/h5-6,9H,3-4,7-8H2,1-2H3,(H,15,17). The van der Waals surface area contributed by atoms with E-state index in [4.69, 9.17) is 9.47 Å². The summed E-state index contributed by atoms with van der Waals surface area (Å²) in [5.74, 6) is 0.487. The number of anilines is 2. The van der Waals surface area contributed by atoms with Crippen LogP contribution in [0.1, 0.15) is 19.8 Å². The summed E-state index contributed by atoms with van der Waals surface area (Å²) in [7, 11) is 1.53. The predicted molar refractivity (Wildman–Crippen MR) is 75.2 cm³/mol. The van der Waals surface area contributed by atoms with Crippen molar-refractivity contribution in [2.24, 2.45) is 0 Å². The lowest BCUT2D eigenvalue weighted by atomic mass is 10.2. The lowest BCUT2D eigenvalue weighted by molar-refractivity contribution is -0.116. The molecule has 0 unspecified atom stereocenters. The number of ether oxygens (including phenoxy) is 2. The minimum Gasteiger partial charge on any atom is -0.494 e. The van der Waals surface area contributed by atoms with E-state index in [0.29, 0.717) is 36.7 Å². The van der Waals surface area contributed by atoms with Crippen molar-refractivity contribution >= 4 is 23.4 Å². The molecule has 0 aromatic heterocycles. The number of rotatable bonds is 5. The minimum absolute atomic E-state index is 0.0390. The number of benzene rings is 1. The van der Waals surface area contributed by atoms with Crippen molar-refractivity contribution < 1.29 is 19.1 Å². The predicted octanol–water partition coefficient (Wildman–Crippen LogP) is 2.39. The first-order valence-electron chi connectivity index (χ1n) is 6.58. The number of carbonyl (C=O) groups excluding carboxylic acids is 2. The number of nitrogens with zero attached hydrogens (tertiary/aromatic N) is 1. The van der Waals surface area contributed by atoms with Gasteiger partial charge in [0.1, 0.15) is 12.4 Å². The second kappa shape index (κ2) is 6.27. The molecule has 0 radical (unpaired) electrons. The summed E-state index contributed by atoms with van der Waals surface area (Å²) in [5.41, 5.74) is 1.29. The quantitative estimate of drug-likeness (QED) is 0.898. The number of amides is 2. The molecule has 1 aliphatic rings. The Morgan fingerprint density at radius 3 is 2.90 bits per heavy atom. The average Bonchev–Trinajstić information content (AvgIpc) is 2.85. The number of nitrogens with one attached hydrogen (secondary N) is 1. The molecule has 108 valence electrons. The number of carbonyl (C=O) groups is 2. The molecule has 6 heteroatoms. The van der Waals surface area contributed by atoms with Crippen LogP contribution >= 0.6 is 0 Å². The monoisotopic (exact) mass is 278 g/mol. The Morgan fingerprint density at radius 1 is 1.50 bits per heavy atom. The van der Waals surface area contributed by atoms with Crippen molar-refractivity contribution in [1.29, 1.82) is 0 Å². The van der Waals surface area contributed by atoms with E-state index in [1.165, 1.54) is 12.0 Å². The molecule has 0 spiro atoms. The van der Waals surface area contributed by atoms with Crippen molar-refractivity contribution in [3.8, 4) is 5.75 Å². The van der Waals surface area contributed by atoms with E-state index in [9.17, 15) is 9.59 Å². The average molecular weight is 278 g/mol. The van der Waals surface area contributed by atoms with E-state index in [2.05, 4.69) is 5.32 Å². The Hall–Kier alpha value is -2.24. The van der Waals surface area contributed by atoms with Crippen LogP contribution in [0.2, 0.25) is 0 Å². The first-order valence-corrected chi connectivity index (χ1v) is 6.58. The molecule has 0 aliphatic carbocycles. The molecule has 0 atom stereocenters. The molecule has 6 nitrogen and oxygen atoms in total. The van der Waals surface area contributed by atoms with Crippen molar-refractivity contribution in [3.05, 3.63) is 18.2 Å². The Labute approximate surface area is 117 Å². The molecule has 0 saturated carbocycles. The fraction of sp³-hybridized carbons (Fsp3) is 0.429. The van der Waals surface area contributed by atoms with Crippen molar-refractivity contribution in [2.75, 3.05) is 30.5 Å². The van der Waals surface area contributed by atoms with Crippen molar-refractivity contribution in [2.45, 2.75) is 19.8 Å². The third-order valence-corrected chi connectivity index (χ3v) is 2.99. The summed E-state index contributed by atoms with van der Waals surface area (Å²) in [6.45, 7) is 2.82. The zero-order chi connectivity index (χ0) is 14.5. The van der Waals surface area contributed by atoms with E-state index in [-0.39, 0.29) is 12.0 Å². The number of hydrogen-bond donors (Lipinski definition) is 1. The van der Waals surface area contributed by atoms with Crippen LogP contribution in [0.15, 0.2) is 18.2 Å². The summed E-state index contributed by atoms with van der Waals surface area (Å²) >= 11 is 0. The zero-order valence-electron chi connectivity index (χ0n) is 11.6. The second-order valence-electron chi connectivity index (χ2n) is 4.45. The second-order valence-corrected chi connectivity index (χ2v) is 4.45. The highest BCUT2D eigenvalue weighted by atomic mass is 16.6. The van der Waals surface area contributed by atoms with Gasteiger partial charge in [-0.3, -0.25) is 9.69 Å². The molecule has 1 aliphatic heterocycles. The molecule has 1 N–H and O–H groups in total. The summed E-state index contributed by atoms with van der Waals surface area (Å²) in [6, 6.07) is 5.19. The van der Waals surface area contributed by atoms with Gasteiger partial charge in [0.15, 0.2) is 0 Å². The van der Waals surface area contributed by atoms with Gasteiger partial charge in [-0.25, -0.2) is 4.79 Å². The zero-order valence-corrected chi connectivity index (χ0v) is 11.6. The number of cyclic esters (lactones) is 1. The molecule has 1 fully saturated rings. The topological polar surface area (TPSA) is 67.9 Å². The maximum atomic E-state index is 11.6. The van der Waals surface area contributed by atoms with Gasteiger partial charge in [-0.15, -0.1) is 0 Å². The summed E-state index contributed by atoms with van der Waals surface area (Å²) in [4.78, 5) is 24.6. The first kappa shape index (κ1) is 14.2. The molecule has 0 bridgehead atoms. The number of hydrogen-bond acceptors (Lipinski definition) is 4. The maximum absolute atomic E-state index is 11.6. The third-order valence-electron chi connectivity index (χ3n) is 2.99. The Balaban J connectivity index is 2.19. The van der Waals surface area contributed by atoms with Crippen LogP contribution in [0, 0.1) is 0 Å². The van der Waals surface area contributed by atoms with Gasteiger partial charge in [-0.05, 0) is 18.6 Å². The number of methoxy groups -OCH3 is 1. The van der Waals surface area contributed by atoms with Gasteiger partial charge in [0, 0.05) is 18.2 Å². The van der Waals surface area contributed by atoms with Crippen LogP contribution in [-0.4, -0.2) is 32.3 Å². The first-order chi connectivity index (χ1) is 9.65. The molecular weight excluding hydrogens is 260 g/mol. The molecule has 1 aromatic carbocycles. The maximum Gasteiger partial charge on any atom is 0.414 e. The van der Waals surface area contributed by atoms with E-state index in [1.54, 1.807) is 18.2 Å². The van der Waals surface area contributed by atoms with Gasteiger partial charge in [-0.2, -0.15) is 0 Å². The summed E-state index contributed by atoms with van der Waals surface area (Å²) in [6.07, 6.45) is 0.884. The van der Waals surface area contributed by atoms with Crippen molar-refractivity contribution in [3.63, 3.8) is 0 Å². The molecule has 1 heterocycles. The Bertz CT molecular complexity index is 516. The molecule has 2 amide bonds. The van der Waals surface area contributed by atoms with E-state index in [0.717, 1.165) is 6.42 Å². The van der Waals surface area contributed by atoms with Crippen LogP contribution in [0.3, 0.4) is 0 Å².